The van der Waals surface area contributed by atoms with Gasteiger partial charge in [-0.3, -0.25) is 19.7 Å². The highest BCUT2D eigenvalue weighted by atomic mass is 16.6. The number of nitro groups is 1. The van der Waals surface area contributed by atoms with E-state index in [9.17, 15) is 19.7 Å². The van der Waals surface area contributed by atoms with Crippen LogP contribution in [0, 0.1) is 22.0 Å². The predicted molar refractivity (Wildman–Crippen MR) is 106 cm³/mol. The lowest BCUT2D eigenvalue weighted by Crippen LogP contribution is -2.56. The van der Waals surface area contributed by atoms with Gasteiger partial charge in [0, 0.05) is 41.2 Å². The molecule has 3 unspecified atom stereocenters. The molecule has 1 fully saturated rings. The van der Waals surface area contributed by atoms with Crippen LogP contribution < -0.4 is 5.73 Å². The van der Waals surface area contributed by atoms with Crippen LogP contribution in [0.4, 0.5) is 0 Å². The van der Waals surface area contributed by atoms with Gasteiger partial charge in [0.25, 0.3) is 0 Å². The molecule has 0 aromatic heterocycles. The average Bonchev–Trinajstić information content (AvgIpc) is 2.48. The van der Waals surface area contributed by atoms with Crippen LogP contribution in [0.1, 0.15) is 86.5 Å². The fourth-order valence-corrected chi connectivity index (χ4v) is 4.82. The Balaban J connectivity index is 3.10. The number of rotatable bonds is 7. The number of amides is 2. The van der Waals surface area contributed by atoms with E-state index in [-0.39, 0.29) is 46.6 Å². The van der Waals surface area contributed by atoms with Gasteiger partial charge in [0.2, 0.25) is 17.9 Å². The zero-order valence-corrected chi connectivity index (χ0v) is 17.8. The van der Waals surface area contributed by atoms with Crippen LogP contribution in [0.3, 0.4) is 0 Å². The van der Waals surface area contributed by atoms with Gasteiger partial charge in [-0.15, -0.1) is 0 Å². The third kappa shape index (κ3) is 6.78. The maximum Gasteiger partial charge on any atom is 0.223 e. The largest absolute Gasteiger partial charge is 0.370 e. The number of nitrogens with zero attached hydrogens (tertiary/aromatic N) is 2. The molecule has 27 heavy (non-hydrogen) atoms. The molecule has 1 aliphatic carbocycles. The summed E-state index contributed by atoms with van der Waals surface area (Å²) in [4.78, 5) is 37.8. The minimum Gasteiger partial charge on any atom is -0.370 e. The van der Waals surface area contributed by atoms with E-state index in [2.05, 4.69) is 0 Å². The van der Waals surface area contributed by atoms with E-state index >= 15 is 0 Å². The van der Waals surface area contributed by atoms with Gasteiger partial charge in [0.1, 0.15) is 0 Å². The van der Waals surface area contributed by atoms with Crippen LogP contribution >= 0.6 is 0 Å². The fourth-order valence-electron chi connectivity index (χ4n) is 4.82. The molecule has 1 aliphatic rings. The predicted octanol–water partition coefficient (Wildman–Crippen LogP) is 3.52. The minimum absolute atomic E-state index is 0.0165. The molecule has 2 N–H and O–H groups in total. The van der Waals surface area contributed by atoms with E-state index in [0.717, 1.165) is 19.3 Å². The molecule has 0 spiro atoms. The zero-order chi connectivity index (χ0) is 21.0. The zero-order valence-electron chi connectivity index (χ0n) is 17.8. The van der Waals surface area contributed by atoms with Crippen molar-refractivity contribution in [3.05, 3.63) is 10.1 Å². The van der Waals surface area contributed by atoms with Gasteiger partial charge < -0.3 is 10.6 Å². The Bertz CT molecular complexity index is 534. The SMILES string of the molecule is CC(C)(C)N(C(=O)CC(CCC(N)=O)C1CCCCC1[N+](=O)[O-])C(C)(C)C. The quantitative estimate of drug-likeness (QED) is 0.536. The van der Waals surface area contributed by atoms with Crippen molar-refractivity contribution in [2.24, 2.45) is 17.6 Å². The van der Waals surface area contributed by atoms with Gasteiger partial charge in [0.05, 0.1) is 0 Å². The summed E-state index contributed by atoms with van der Waals surface area (Å²) in [5.41, 5.74) is 4.60. The van der Waals surface area contributed by atoms with Gasteiger partial charge >= 0.3 is 0 Å². The van der Waals surface area contributed by atoms with Crippen LogP contribution in [0.25, 0.3) is 0 Å². The summed E-state index contributed by atoms with van der Waals surface area (Å²) in [6, 6.07) is -0.637. The van der Waals surface area contributed by atoms with Crippen molar-refractivity contribution >= 4 is 11.8 Å². The van der Waals surface area contributed by atoms with Gasteiger partial charge in [-0.2, -0.15) is 0 Å². The first kappa shape index (κ1) is 23.4. The highest BCUT2D eigenvalue weighted by molar-refractivity contribution is 5.78. The molecular formula is C20H37N3O4. The molecule has 0 aromatic rings. The maximum absolute atomic E-state index is 13.3. The van der Waals surface area contributed by atoms with Crippen LogP contribution in [0.15, 0.2) is 0 Å². The summed E-state index contributed by atoms with van der Waals surface area (Å²) in [5.74, 6) is -0.826. The Labute approximate surface area is 163 Å². The normalized spacial score (nSPS) is 22.1. The summed E-state index contributed by atoms with van der Waals surface area (Å²) >= 11 is 0. The van der Waals surface area contributed by atoms with Crippen LogP contribution in [0.5, 0.6) is 0 Å². The Kier molecular flexibility index (Phi) is 7.81. The monoisotopic (exact) mass is 383 g/mol. The molecule has 0 aromatic carbocycles. The van der Waals surface area contributed by atoms with Crippen molar-refractivity contribution < 1.29 is 14.5 Å². The molecule has 156 valence electrons. The lowest BCUT2D eigenvalue weighted by atomic mass is 9.73. The molecule has 1 rings (SSSR count). The van der Waals surface area contributed by atoms with Crippen LogP contribution in [0.2, 0.25) is 0 Å². The molecule has 2 amide bonds. The lowest BCUT2D eigenvalue weighted by molar-refractivity contribution is -0.537. The highest BCUT2D eigenvalue weighted by Gasteiger charge is 2.42. The molecule has 0 bridgehead atoms. The number of hydrogen-bond donors (Lipinski definition) is 1. The number of primary amides is 1. The first-order chi connectivity index (χ1) is 12.2. The second kappa shape index (κ2) is 9.02. The van der Waals surface area contributed by atoms with E-state index in [1.807, 2.05) is 46.4 Å². The van der Waals surface area contributed by atoms with Crippen molar-refractivity contribution in [2.45, 2.75) is 104 Å². The maximum atomic E-state index is 13.3. The number of nitrogens with two attached hydrogens (primary N) is 1. The molecule has 3 atom stereocenters. The Hall–Kier alpha value is -1.66. The fraction of sp³-hybridized carbons (Fsp3) is 0.900. The standard InChI is InChI=1S/C20H37N3O4/c1-19(2,3)22(20(4,5)6)18(25)13-14(11-12-17(21)24)15-9-7-8-10-16(15)23(26)27/h14-16H,7-13H2,1-6H3,(H2,21,24). The van der Waals surface area contributed by atoms with E-state index in [0.29, 0.717) is 12.8 Å². The Morgan fingerprint density at radius 1 is 1.11 bits per heavy atom. The van der Waals surface area contributed by atoms with E-state index in [1.54, 1.807) is 0 Å². The smallest absolute Gasteiger partial charge is 0.223 e. The summed E-state index contributed by atoms with van der Waals surface area (Å²) in [6.45, 7) is 12.0. The highest BCUT2D eigenvalue weighted by Crippen LogP contribution is 2.37. The molecule has 7 nitrogen and oxygen atoms in total. The first-order valence-corrected chi connectivity index (χ1v) is 10.00. The number of carbonyl (C=O) groups is 2. The summed E-state index contributed by atoms with van der Waals surface area (Å²) in [6.07, 6.45) is 3.85. The van der Waals surface area contributed by atoms with Crippen LogP contribution in [-0.4, -0.2) is 38.8 Å². The molecule has 0 aliphatic heterocycles. The summed E-state index contributed by atoms with van der Waals surface area (Å²) in [7, 11) is 0. The average molecular weight is 384 g/mol. The third-order valence-electron chi connectivity index (χ3n) is 5.45. The first-order valence-electron chi connectivity index (χ1n) is 10.00. The Morgan fingerprint density at radius 2 is 1.63 bits per heavy atom. The molecule has 0 heterocycles. The van der Waals surface area contributed by atoms with Crippen molar-refractivity contribution in [1.82, 2.24) is 4.90 Å². The van der Waals surface area contributed by atoms with Crippen molar-refractivity contribution in [3.8, 4) is 0 Å². The molecule has 7 heteroatoms. The van der Waals surface area contributed by atoms with Crippen molar-refractivity contribution in [3.63, 3.8) is 0 Å². The molecule has 0 saturated heterocycles. The molecule has 1 saturated carbocycles. The van der Waals surface area contributed by atoms with Gasteiger partial charge in [-0.1, -0.05) is 6.42 Å². The second-order valence-electron chi connectivity index (χ2n) is 9.84. The second-order valence-corrected chi connectivity index (χ2v) is 9.84. The third-order valence-corrected chi connectivity index (χ3v) is 5.45. The Morgan fingerprint density at radius 3 is 2.07 bits per heavy atom. The topological polar surface area (TPSA) is 107 Å². The van der Waals surface area contributed by atoms with E-state index in [1.165, 1.54) is 0 Å². The van der Waals surface area contributed by atoms with Crippen molar-refractivity contribution in [1.29, 1.82) is 0 Å². The minimum atomic E-state index is -0.637. The number of carbonyl (C=O) groups excluding carboxylic acids is 2. The number of hydrogen-bond acceptors (Lipinski definition) is 4. The summed E-state index contributed by atoms with van der Waals surface area (Å²) in [5, 5.41) is 11.6. The van der Waals surface area contributed by atoms with Gasteiger partial charge in [-0.25, -0.2) is 0 Å². The lowest BCUT2D eigenvalue weighted by Gasteiger charge is -2.46. The van der Waals surface area contributed by atoms with Crippen LogP contribution in [-0.2, 0) is 9.59 Å². The van der Waals surface area contributed by atoms with E-state index in [4.69, 9.17) is 5.73 Å². The summed E-state index contributed by atoms with van der Waals surface area (Å²) < 4.78 is 0. The molecule has 0 radical (unpaired) electrons. The van der Waals surface area contributed by atoms with Crippen molar-refractivity contribution in [2.75, 3.05) is 0 Å². The van der Waals surface area contributed by atoms with E-state index < -0.39 is 11.9 Å². The molecular weight excluding hydrogens is 346 g/mol. The van der Waals surface area contributed by atoms with Gasteiger partial charge in [-0.05, 0) is 66.7 Å². The van der Waals surface area contributed by atoms with Gasteiger partial charge in [0.15, 0.2) is 0 Å².